The third-order valence-corrected chi connectivity index (χ3v) is 3.90. The van der Waals surface area contributed by atoms with Gasteiger partial charge in [0.15, 0.2) is 6.10 Å². The predicted octanol–water partition coefficient (Wildman–Crippen LogP) is -1.08. The highest BCUT2D eigenvalue weighted by molar-refractivity contribution is 7.89. The van der Waals surface area contributed by atoms with Gasteiger partial charge in [-0.25, -0.2) is 17.9 Å². The Hall–Kier alpha value is -1.19. The second-order valence-corrected chi connectivity index (χ2v) is 5.84. The summed E-state index contributed by atoms with van der Waals surface area (Å²) >= 11 is 0. The van der Waals surface area contributed by atoms with Crippen molar-refractivity contribution in [3.63, 3.8) is 0 Å². The number of carboxylic acid groups (broad SMARTS) is 1. The van der Waals surface area contributed by atoms with Crippen LogP contribution in [0.25, 0.3) is 0 Å². The Morgan fingerprint density at radius 3 is 2.37 bits per heavy atom. The number of carbonyl (C=O) groups is 2. The van der Waals surface area contributed by atoms with E-state index in [1.165, 1.54) is 14.0 Å². The summed E-state index contributed by atoms with van der Waals surface area (Å²) in [6.45, 7) is 2.86. The first-order valence-corrected chi connectivity index (χ1v) is 7.42. The van der Waals surface area contributed by atoms with E-state index < -0.39 is 34.0 Å². The number of carboxylic acids is 1. The summed E-state index contributed by atoms with van der Waals surface area (Å²) in [4.78, 5) is 22.2. The van der Waals surface area contributed by atoms with Gasteiger partial charge in [-0.2, -0.15) is 0 Å². The van der Waals surface area contributed by atoms with E-state index >= 15 is 0 Å². The summed E-state index contributed by atoms with van der Waals surface area (Å²) in [5, 5.41) is 11.0. The van der Waals surface area contributed by atoms with Crippen LogP contribution in [0.4, 0.5) is 0 Å². The van der Waals surface area contributed by atoms with Gasteiger partial charge < -0.3 is 15.2 Å². The van der Waals surface area contributed by atoms with E-state index in [9.17, 15) is 18.0 Å². The van der Waals surface area contributed by atoms with Crippen molar-refractivity contribution >= 4 is 21.9 Å². The number of hydrogen-bond acceptors (Lipinski definition) is 5. The van der Waals surface area contributed by atoms with Crippen LogP contribution in [-0.2, 0) is 24.3 Å². The number of nitrogens with one attached hydrogen (secondary N) is 2. The van der Waals surface area contributed by atoms with Crippen molar-refractivity contribution in [3.05, 3.63) is 0 Å². The molecule has 19 heavy (non-hydrogen) atoms. The Balaban J connectivity index is 4.32. The standard InChI is InChI=1S/C10H20N2O6S/c1-4-5-19(16,17)12-7(2)9(13)11-6-8(18-3)10(14)15/h7-8,12H,4-6H2,1-3H3,(H,11,13)(H,14,15). The molecule has 0 saturated heterocycles. The third kappa shape index (κ3) is 7.09. The molecule has 0 aromatic heterocycles. The molecular weight excluding hydrogens is 276 g/mol. The second-order valence-electron chi connectivity index (χ2n) is 3.97. The van der Waals surface area contributed by atoms with E-state index in [1.54, 1.807) is 6.92 Å². The lowest BCUT2D eigenvalue weighted by atomic mass is 10.3. The van der Waals surface area contributed by atoms with Crippen LogP contribution in [0.2, 0.25) is 0 Å². The van der Waals surface area contributed by atoms with Crippen molar-refractivity contribution in [3.8, 4) is 0 Å². The topological polar surface area (TPSA) is 122 Å². The van der Waals surface area contributed by atoms with Crippen molar-refractivity contribution < 1.29 is 27.9 Å². The predicted molar refractivity (Wildman–Crippen MR) is 68.1 cm³/mol. The smallest absolute Gasteiger partial charge is 0.334 e. The molecular formula is C10H20N2O6S. The van der Waals surface area contributed by atoms with Gasteiger partial charge in [0.25, 0.3) is 0 Å². The third-order valence-electron chi connectivity index (χ3n) is 2.24. The quantitative estimate of drug-likeness (QED) is 0.497. The molecule has 1 amide bonds. The van der Waals surface area contributed by atoms with Crippen molar-refractivity contribution in [2.24, 2.45) is 0 Å². The lowest BCUT2D eigenvalue weighted by molar-refractivity contribution is -0.148. The number of sulfonamides is 1. The monoisotopic (exact) mass is 296 g/mol. The summed E-state index contributed by atoms with van der Waals surface area (Å²) in [5.74, 6) is -1.88. The van der Waals surface area contributed by atoms with Crippen molar-refractivity contribution in [2.45, 2.75) is 32.4 Å². The van der Waals surface area contributed by atoms with Crippen LogP contribution in [0.1, 0.15) is 20.3 Å². The van der Waals surface area contributed by atoms with Gasteiger partial charge in [0.1, 0.15) is 0 Å². The Bertz CT molecular complexity index is 408. The molecule has 0 fully saturated rings. The number of amides is 1. The molecule has 2 atom stereocenters. The maximum atomic E-state index is 11.6. The van der Waals surface area contributed by atoms with Gasteiger partial charge in [0.2, 0.25) is 15.9 Å². The van der Waals surface area contributed by atoms with Gasteiger partial charge in [-0.1, -0.05) is 6.92 Å². The largest absolute Gasteiger partial charge is 0.479 e. The minimum Gasteiger partial charge on any atom is -0.479 e. The molecule has 0 rings (SSSR count). The molecule has 0 aromatic carbocycles. The Kier molecular flexibility index (Phi) is 7.57. The molecule has 0 aliphatic rings. The number of hydrogen-bond donors (Lipinski definition) is 3. The molecule has 2 unspecified atom stereocenters. The van der Waals surface area contributed by atoms with Crippen molar-refractivity contribution in [2.75, 3.05) is 19.4 Å². The lowest BCUT2D eigenvalue weighted by Crippen LogP contribution is -2.48. The maximum absolute atomic E-state index is 11.6. The number of methoxy groups -OCH3 is 1. The average molecular weight is 296 g/mol. The molecule has 0 spiro atoms. The average Bonchev–Trinajstić information content (AvgIpc) is 2.28. The fourth-order valence-electron chi connectivity index (χ4n) is 1.27. The van der Waals surface area contributed by atoms with Gasteiger partial charge in [0.05, 0.1) is 18.3 Å². The van der Waals surface area contributed by atoms with Crippen LogP contribution < -0.4 is 10.0 Å². The highest BCUT2D eigenvalue weighted by Gasteiger charge is 2.22. The van der Waals surface area contributed by atoms with Crippen molar-refractivity contribution in [1.29, 1.82) is 0 Å². The first-order valence-electron chi connectivity index (χ1n) is 5.76. The molecule has 0 aromatic rings. The number of ether oxygens (including phenoxy) is 1. The zero-order chi connectivity index (χ0) is 15.1. The maximum Gasteiger partial charge on any atom is 0.334 e. The molecule has 0 aliphatic carbocycles. The first-order chi connectivity index (χ1) is 8.73. The lowest BCUT2D eigenvalue weighted by Gasteiger charge is -2.16. The molecule has 0 heterocycles. The molecule has 3 N–H and O–H groups in total. The summed E-state index contributed by atoms with van der Waals surface area (Å²) in [7, 11) is -2.29. The van der Waals surface area contributed by atoms with Crippen molar-refractivity contribution in [1.82, 2.24) is 10.0 Å². The Morgan fingerprint density at radius 2 is 1.95 bits per heavy atom. The number of carbonyl (C=O) groups excluding carboxylic acids is 1. The van der Waals surface area contributed by atoms with Crippen LogP contribution in [0.3, 0.4) is 0 Å². The molecule has 0 bridgehead atoms. The van der Waals surface area contributed by atoms with Crippen LogP contribution in [-0.4, -0.2) is 57.0 Å². The highest BCUT2D eigenvalue weighted by Crippen LogP contribution is 1.94. The summed E-state index contributed by atoms with van der Waals surface area (Å²) in [6, 6.07) is -0.970. The molecule has 112 valence electrons. The highest BCUT2D eigenvalue weighted by atomic mass is 32.2. The fourth-order valence-corrected chi connectivity index (χ4v) is 2.57. The Labute approximate surface area is 112 Å². The van der Waals surface area contributed by atoms with E-state index in [0.717, 1.165) is 0 Å². The minimum absolute atomic E-state index is 0.0690. The molecule has 0 radical (unpaired) electrons. The van der Waals surface area contributed by atoms with Crippen LogP contribution in [0, 0.1) is 0 Å². The number of rotatable bonds is 9. The fraction of sp³-hybridized carbons (Fsp3) is 0.800. The van der Waals surface area contributed by atoms with Gasteiger partial charge in [-0.3, -0.25) is 4.79 Å². The van der Waals surface area contributed by atoms with E-state index in [1.807, 2.05) is 0 Å². The summed E-state index contributed by atoms with van der Waals surface area (Å²) in [5.41, 5.74) is 0. The molecule has 0 saturated carbocycles. The van der Waals surface area contributed by atoms with Gasteiger partial charge >= 0.3 is 5.97 Å². The van der Waals surface area contributed by atoms with Crippen LogP contribution in [0.5, 0.6) is 0 Å². The van der Waals surface area contributed by atoms with E-state index in [2.05, 4.69) is 14.8 Å². The van der Waals surface area contributed by atoms with Crippen LogP contribution >= 0.6 is 0 Å². The van der Waals surface area contributed by atoms with Gasteiger partial charge in [-0.05, 0) is 13.3 Å². The SMILES string of the molecule is CCCS(=O)(=O)NC(C)C(=O)NCC(OC)C(=O)O. The van der Waals surface area contributed by atoms with Crippen LogP contribution in [0.15, 0.2) is 0 Å². The number of aliphatic carboxylic acids is 1. The van der Waals surface area contributed by atoms with E-state index in [0.29, 0.717) is 6.42 Å². The summed E-state index contributed by atoms with van der Waals surface area (Å²) in [6.07, 6.45) is -0.725. The minimum atomic E-state index is -3.49. The van der Waals surface area contributed by atoms with E-state index in [4.69, 9.17) is 5.11 Å². The van der Waals surface area contributed by atoms with Gasteiger partial charge in [0, 0.05) is 7.11 Å². The second kappa shape index (κ2) is 8.08. The normalized spacial score (nSPS) is 14.7. The molecule has 8 nitrogen and oxygen atoms in total. The van der Waals surface area contributed by atoms with Gasteiger partial charge in [-0.15, -0.1) is 0 Å². The molecule has 9 heteroatoms. The zero-order valence-corrected chi connectivity index (χ0v) is 12.0. The zero-order valence-electron chi connectivity index (χ0n) is 11.2. The Morgan fingerprint density at radius 1 is 1.37 bits per heavy atom. The van der Waals surface area contributed by atoms with E-state index in [-0.39, 0.29) is 12.3 Å². The first kappa shape index (κ1) is 17.8. The molecule has 0 aliphatic heterocycles. The summed E-state index contributed by atoms with van der Waals surface area (Å²) < 4.78 is 29.7.